The molecule has 0 fully saturated rings. The van der Waals surface area contributed by atoms with Crippen molar-refractivity contribution in [2.24, 2.45) is 5.73 Å². The average molecular weight is 170 g/mol. The normalized spacial score (nSPS) is 9.50. The number of carbonyl (C=O) groups excluding carboxylic acids is 1. The molecule has 0 amide bonds. The monoisotopic (exact) mass is 170 g/mol. The van der Waals surface area contributed by atoms with Crippen LogP contribution in [0.1, 0.15) is 0 Å². The van der Waals surface area contributed by atoms with Crippen molar-refractivity contribution in [3.05, 3.63) is 0 Å². The van der Waals surface area contributed by atoms with Crippen LogP contribution in [0, 0.1) is 0 Å². The van der Waals surface area contributed by atoms with Gasteiger partial charge in [0.05, 0.1) is 5.97 Å². The Morgan fingerprint density at radius 3 is 1.50 bits per heavy atom. The second kappa shape index (κ2) is 5.11. The van der Waals surface area contributed by atoms with E-state index in [1.807, 2.05) is 0 Å². The number of hydrogen-bond donors (Lipinski definition) is 1. The minimum absolute atomic E-state index is 0.389. The van der Waals surface area contributed by atoms with Crippen LogP contribution in [0.25, 0.3) is 0 Å². The van der Waals surface area contributed by atoms with Crippen LogP contribution in [0.2, 0.25) is 0 Å². The summed E-state index contributed by atoms with van der Waals surface area (Å²) in [4.78, 5) is 9.13. The first-order valence-electron chi connectivity index (χ1n) is 1.84. The molecule has 8 heteroatoms. The van der Waals surface area contributed by atoms with Crippen molar-refractivity contribution in [2.75, 3.05) is 6.54 Å². The van der Waals surface area contributed by atoms with Crippen LogP contribution in [0.3, 0.4) is 0 Å². The van der Waals surface area contributed by atoms with Crippen molar-refractivity contribution < 1.29 is 27.4 Å². The molecule has 10 heavy (non-hydrogen) atoms. The number of aliphatic carboxylic acids is 1. The van der Waals surface area contributed by atoms with Crippen LogP contribution in [0.15, 0.2) is 0 Å². The lowest BCUT2D eigenvalue weighted by Gasteiger charge is -2.06. The quantitative estimate of drug-likeness (QED) is 0.315. The first-order chi connectivity index (χ1) is 4.27. The van der Waals surface area contributed by atoms with Gasteiger partial charge >= 0.3 is 0 Å². The zero-order chi connectivity index (χ0) is 8.78. The van der Waals surface area contributed by atoms with Gasteiger partial charge in [0.15, 0.2) is 0 Å². The molecule has 0 saturated carbocycles. The van der Waals surface area contributed by atoms with E-state index < -0.39 is 16.4 Å². The standard InChI is InChI=1S/C2H5NO2.H2O4S/c3-1-2(4)5;1-5(2,3)4/h1,3H2,(H,4,5);(H2,1,2,3,4)/p-3. The van der Waals surface area contributed by atoms with E-state index in [0.29, 0.717) is 0 Å². The molecule has 0 saturated heterocycles. The molecule has 0 aromatic carbocycles. The Balaban J connectivity index is 0. The van der Waals surface area contributed by atoms with Gasteiger partial charge in [-0.3, -0.25) is 8.42 Å². The lowest BCUT2D eigenvalue weighted by atomic mass is 10.7. The third-order valence-electron chi connectivity index (χ3n) is 0.167. The lowest BCUT2D eigenvalue weighted by Crippen LogP contribution is -2.30. The van der Waals surface area contributed by atoms with Gasteiger partial charge in [0.1, 0.15) is 0 Å². The van der Waals surface area contributed by atoms with Crippen molar-refractivity contribution in [3.63, 3.8) is 0 Å². The molecular weight excluding hydrogens is 166 g/mol. The number of carbonyl (C=O) groups is 1. The maximum absolute atomic E-state index is 9.13. The van der Waals surface area contributed by atoms with Gasteiger partial charge < -0.3 is 24.7 Å². The van der Waals surface area contributed by atoms with Crippen molar-refractivity contribution in [3.8, 4) is 0 Å². The van der Waals surface area contributed by atoms with Crippen LogP contribution in [0.5, 0.6) is 0 Å². The Morgan fingerprint density at radius 1 is 1.40 bits per heavy atom. The zero-order valence-electron chi connectivity index (χ0n) is 4.64. The third kappa shape index (κ3) is 171. The molecule has 0 aliphatic rings. The second-order valence-corrected chi connectivity index (χ2v) is 1.80. The summed E-state index contributed by atoms with van der Waals surface area (Å²) < 4.78 is 34.1. The minimum atomic E-state index is -5.17. The predicted molar refractivity (Wildman–Crippen MR) is 24.5 cm³/mol. The first-order valence-corrected chi connectivity index (χ1v) is 3.17. The summed E-state index contributed by atoms with van der Waals surface area (Å²) in [7, 11) is -5.17. The highest BCUT2D eigenvalue weighted by Crippen LogP contribution is 1.57. The summed E-state index contributed by atoms with van der Waals surface area (Å²) in [6.45, 7) is -0.389. The van der Waals surface area contributed by atoms with Gasteiger partial charge in [-0.15, -0.1) is 0 Å². The summed E-state index contributed by atoms with van der Waals surface area (Å²) >= 11 is 0. The Morgan fingerprint density at radius 2 is 1.50 bits per heavy atom. The third-order valence-corrected chi connectivity index (χ3v) is 0.167. The van der Waals surface area contributed by atoms with Gasteiger partial charge in [-0.25, -0.2) is 0 Å². The molecule has 0 aliphatic heterocycles. The number of carboxylic acids is 1. The van der Waals surface area contributed by atoms with E-state index in [2.05, 4.69) is 5.73 Å². The van der Waals surface area contributed by atoms with E-state index >= 15 is 0 Å². The van der Waals surface area contributed by atoms with Crippen molar-refractivity contribution in [2.45, 2.75) is 0 Å². The molecule has 2 N–H and O–H groups in total. The van der Waals surface area contributed by atoms with Crippen LogP contribution < -0.4 is 10.8 Å². The first kappa shape index (κ1) is 12.0. The molecule has 62 valence electrons. The highest BCUT2D eigenvalue weighted by Gasteiger charge is 1.65. The number of carboxylic acid groups (broad SMARTS) is 1. The fourth-order valence-electron chi connectivity index (χ4n) is 0. The van der Waals surface area contributed by atoms with Gasteiger partial charge in [0.2, 0.25) is 0 Å². The molecule has 0 spiro atoms. The summed E-state index contributed by atoms with van der Waals surface area (Å²) in [6, 6.07) is 0. The topological polar surface area (TPSA) is 146 Å². The molecule has 0 heterocycles. The fourth-order valence-corrected chi connectivity index (χ4v) is 0. The molecule has 0 unspecified atom stereocenters. The van der Waals surface area contributed by atoms with Crippen molar-refractivity contribution in [1.29, 1.82) is 0 Å². The fraction of sp³-hybridized carbons (Fsp3) is 0.500. The van der Waals surface area contributed by atoms with Crippen molar-refractivity contribution >= 4 is 16.4 Å². The maximum atomic E-state index is 9.13. The van der Waals surface area contributed by atoms with E-state index in [9.17, 15) is 0 Å². The highest BCUT2D eigenvalue weighted by molar-refractivity contribution is 7.79. The molecule has 0 aromatic rings. The minimum Gasteiger partial charge on any atom is -0.759 e. The number of nitrogens with two attached hydrogens (primary N) is 1. The predicted octanol–water partition coefficient (Wildman–Crippen LogP) is -3.64. The van der Waals surface area contributed by atoms with E-state index in [1.165, 1.54) is 0 Å². The van der Waals surface area contributed by atoms with E-state index in [4.69, 9.17) is 27.4 Å². The summed E-state index contributed by atoms with van der Waals surface area (Å²) in [5.74, 6) is -1.22. The Hall–Kier alpha value is -0.700. The molecule has 0 radical (unpaired) electrons. The summed E-state index contributed by atoms with van der Waals surface area (Å²) in [5, 5.41) is 9.13. The van der Waals surface area contributed by atoms with Gasteiger partial charge in [-0.2, -0.15) is 0 Å². The molecule has 0 rings (SSSR count). The average Bonchev–Trinajstić information content (AvgIpc) is 1.61. The molecule has 0 aromatic heterocycles. The molecule has 0 aliphatic carbocycles. The van der Waals surface area contributed by atoms with Gasteiger partial charge in [-0.1, -0.05) is 0 Å². The van der Waals surface area contributed by atoms with E-state index in [1.54, 1.807) is 0 Å². The molecule has 0 atom stereocenters. The van der Waals surface area contributed by atoms with Crippen LogP contribution >= 0.6 is 0 Å². The summed E-state index contributed by atoms with van der Waals surface area (Å²) in [6.07, 6.45) is 0. The molecule has 7 nitrogen and oxygen atoms in total. The van der Waals surface area contributed by atoms with Crippen LogP contribution in [-0.2, 0) is 15.2 Å². The smallest absolute Gasteiger partial charge is 0.0550 e. The number of rotatable bonds is 1. The molecule has 0 bridgehead atoms. The van der Waals surface area contributed by atoms with E-state index in [0.717, 1.165) is 0 Å². The highest BCUT2D eigenvalue weighted by atomic mass is 32.3. The van der Waals surface area contributed by atoms with Gasteiger partial charge in [0.25, 0.3) is 0 Å². The van der Waals surface area contributed by atoms with Crippen LogP contribution in [0.4, 0.5) is 0 Å². The second-order valence-electron chi connectivity index (χ2n) is 0.984. The molecular formula is C2H4NO6S-3. The number of hydrogen-bond acceptors (Lipinski definition) is 7. The maximum Gasteiger partial charge on any atom is 0.0550 e. The Labute approximate surface area is 57.0 Å². The zero-order valence-corrected chi connectivity index (χ0v) is 5.46. The lowest BCUT2D eigenvalue weighted by molar-refractivity contribution is -0.303. The Kier molecular flexibility index (Phi) is 6.15. The summed E-state index contributed by atoms with van der Waals surface area (Å²) in [5.41, 5.74) is 4.51. The Bertz CT molecular complexity index is 174. The van der Waals surface area contributed by atoms with Crippen molar-refractivity contribution in [1.82, 2.24) is 0 Å². The van der Waals surface area contributed by atoms with Gasteiger partial charge in [-0.05, 0) is 0 Å². The van der Waals surface area contributed by atoms with E-state index in [-0.39, 0.29) is 6.54 Å². The van der Waals surface area contributed by atoms with Crippen LogP contribution in [-0.4, -0.2) is 30.0 Å². The SMILES string of the molecule is NCC(=O)[O-].O=S(=O)([O-])[O-]. The van der Waals surface area contributed by atoms with Gasteiger partial charge in [0, 0.05) is 16.9 Å². The largest absolute Gasteiger partial charge is 0.759 e.